The molecule has 1 heterocycles. The second-order valence-corrected chi connectivity index (χ2v) is 7.01. The summed E-state index contributed by atoms with van der Waals surface area (Å²) >= 11 is 0. The summed E-state index contributed by atoms with van der Waals surface area (Å²) in [6, 6.07) is 6.14. The molecule has 1 aromatic heterocycles. The molecule has 1 fully saturated rings. The van der Waals surface area contributed by atoms with Crippen LogP contribution in [0, 0.1) is 6.92 Å². The minimum absolute atomic E-state index is 0.0303. The second-order valence-electron chi connectivity index (χ2n) is 7.01. The topological polar surface area (TPSA) is 57.5 Å². The average Bonchev–Trinajstić information content (AvgIpc) is 2.92. The molecule has 1 aliphatic rings. The smallest absolute Gasteiger partial charge is 0.340 e. The Bertz CT molecular complexity index is 815. The maximum Gasteiger partial charge on any atom is 0.340 e. The molecule has 2 aromatic rings. The number of fused-ring (bicyclic) bond motifs is 1. The summed E-state index contributed by atoms with van der Waals surface area (Å²) in [5.41, 5.74) is 2.60. The minimum Gasteiger partial charge on any atom is -0.486 e. The van der Waals surface area contributed by atoms with Gasteiger partial charge in [-0.3, -0.25) is 4.79 Å². The van der Waals surface area contributed by atoms with Crippen LogP contribution in [0.25, 0.3) is 10.9 Å². The van der Waals surface area contributed by atoms with Crippen molar-refractivity contribution in [2.75, 3.05) is 13.2 Å². The molecule has 1 aromatic carbocycles. The molecule has 140 valence electrons. The van der Waals surface area contributed by atoms with E-state index >= 15 is 0 Å². The third-order valence-corrected chi connectivity index (χ3v) is 5.08. The largest absolute Gasteiger partial charge is 0.486 e. The fraction of sp³-hybridized carbons (Fsp3) is 0.524. The Hall–Kier alpha value is -2.30. The Morgan fingerprint density at radius 1 is 1.19 bits per heavy atom. The predicted molar refractivity (Wildman–Crippen MR) is 101 cm³/mol. The van der Waals surface area contributed by atoms with Crippen LogP contribution in [0.15, 0.2) is 18.2 Å². The molecule has 0 unspecified atom stereocenters. The molecule has 0 amide bonds. The quantitative estimate of drug-likeness (QED) is 0.709. The van der Waals surface area contributed by atoms with E-state index in [-0.39, 0.29) is 18.4 Å². The molecular weight excluding hydrogens is 330 g/mol. The number of carbonyl (C=O) groups excluding carboxylic acids is 2. The third kappa shape index (κ3) is 3.62. The number of ketones is 1. The molecule has 0 radical (unpaired) electrons. The number of ether oxygens (including phenoxy) is 2. The number of hydrogen-bond donors (Lipinski definition) is 0. The van der Waals surface area contributed by atoms with Crippen LogP contribution >= 0.6 is 0 Å². The number of nitrogens with zero attached hydrogens (tertiary/aromatic N) is 1. The van der Waals surface area contributed by atoms with E-state index in [2.05, 4.69) is 4.57 Å². The normalized spacial score (nSPS) is 15.2. The van der Waals surface area contributed by atoms with Gasteiger partial charge in [-0.1, -0.05) is 19.3 Å². The van der Waals surface area contributed by atoms with Crippen molar-refractivity contribution in [1.29, 1.82) is 0 Å². The fourth-order valence-corrected chi connectivity index (χ4v) is 3.97. The molecular formula is C21H27NO4. The molecule has 1 aliphatic carbocycles. The summed E-state index contributed by atoms with van der Waals surface area (Å²) in [7, 11) is 0. The number of benzene rings is 1. The number of Topliss-reactive ketones (excluding diaryl/α,β-unsaturated/α-hetero) is 1. The van der Waals surface area contributed by atoms with Gasteiger partial charge >= 0.3 is 5.97 Å². The highest BCUT2D eigenvalue weighted by Crippen LogP contribution is 2.37. The van der Waals surface area contributed by atoms with Gasteiger partial charge in [0.15, 0.2) is 5.78 Å². The number of esters is 1. The zero-order valence-electron chi connectivity index (χ0n) is 15.8. The van der Waals surface area contributed by atoms with Crippen molar-refractivity contribution in [2.24, 2.45) is 0 Å². The Morgan fingerprint density at radius 3 is 2.58 bits per heavy atom. The molecule has 0 bridgehead atoms. The van der Waals surface area contributed by atoms with Gasteiger partial charge in [0.25, 0.3) is 0 Å². The van der Waals surface area contributed by atoms with E-state index in [4.69, 9.17) is 9.47 Å². The zero-order valence-corrected chi connectivity index (χ0v) is 15.8. The zero-order chi connectivity index (χ0) is 18.7. The van der Waals surface area contributed by atoms with Gasteiger partial charge in [0.2, 0.25) is 0 Å². The Kier molecular flexibility index (Phi) is 5.64. The van der Waals surface area contributed by atoms with E-state index < -0.39 is 0 Å². The van der Waals surface area contributed by atoms with E-state index in [0.717, 1.165) is 29.4 Å². The van der Waals surface area contributed by atoms with Gasteiger partial charge in [-0.15, -0.1) is 0 Å². The fourth-order valence-electron chi connectivity index (χ4n) is 3.97. The van der Waals surface area contributed by atoms with Crippen LogP contribution in [0.4, 0.5) is 0 Å². The average molecular weight is 357 g/mol. The summed E-state index contributed by atoms with van der Waals surface area (Å²) in [5, 5.41) is 0.840. The highest BCUT2D eigenvalue weighted by atomic mass is 16.5. The van der Waals surface area contributed by atoms with Crippen molar-refractivity contribution in [3.05, 3.63) is 29.5 Å². The van der Waals surface area contributed by atoms with E-state index in [9.17, 15) is 9.59 Å². The van der Waals surface area contributed by atoms with Crippen molar-refractivity contribution in [2.45, 2.75) is 58.9 Å². The molecule has 5 heteroatoms. The van der Waals surface area contributed by atoms with Gasteiger partial charge in [-0.2, -0.15) is 0 Å². The summed E-state index contributed by atoms with van der Waals surface area (Å²) in [5.74, 6) is 0.263. The van der Waals surface area contributed by atoms with E-state index in [1.165, 1.54) is 26.2 Å². The van der Waals surface area contributed by atoms with Crippen molar-refractivity contribution in [3.63, 3.8) is 0 Å². The van der Waals surface area contributed by atoms with Crippen molar-refractivity contribution < 1.29 is 19.1 Å². The van der Waals surface area contributed by atoms with Gasteiger partial charge < -0.3 is 14.0 Å². The number of rotatable bonds is 6. The minimum atomic E-state index is -0.298. The van der Waals surface area contributed by atoms with Crippen molar-refractivity contribution in [1.82, 2.24) is 4.57 Å². The molecule has 26 heavy (non-hydrogen) atoms. The maximum atomic E-state index is 12.6. The van der Waals surface area contributed by atoms with Crippen LogP contribution in [0.3, 0.4) is 0 Å². The highest BCUT2D eigenvalue weighted by Gasteiger charge is 2.26. The van der Waals surface area contributed by atoms with Crippen LogP contribution in [-0.4, -0.2) is 29.5 Å². The molecule has 0 saturated heterocycles. The molecule has 3 rings (SSSR count). The molecule has 0 spiro atoms. The summed E-state index contributed by atoms with van der Waals surface area (Å²) < 4.78 is 13.2. The standard InChI is InChI=1S/C21H27NO4/c1-4-25-21(24)20-15(3)22(16-8-6-5-7-9-16)19-11-10-17(12-18(19)20)26-13-14(2)23/h10-12,16H,4-9,13H2,1-3H3. The van der Waals surface area contributed by atoms with Crippen molar-refractivity contribution in [3.8, 4) is 5.75 Å². The van der Waals surface area contributed by atoms with Gasteiger partial charge in [-0.25, -0.2) is 4.79 Å². The Labute approximate surface area is 154 Å². The molecule has 0 N–H and O–H groups in total. The summed E-state index contributed by atoms with van der Waals surface area (Å²) in [4.78, 5) is 23.8. The van der Waals surface area contributed by atoms with Gasteiger partial charge in [0, 0.05) is 22.6 Å². The van der Waals surface area contributed by atoms with Crippen LogP contribution in [0.2, 0.25) is 0 Å². The van der Waals surface area contributed by atoms with E-state index in [1.807, 2.05) is 32.0 Å². The number of aromatic nitrogens is 1. The lowest BCUT2D eigenvalue weighted by atomic mass is 9.95. The number of carbonyl (C=O) groups is 2. The lowest BCUT2D eigenvalue weighted by molar-refractivity contribution is -0.118. The lowest BCUT2D eigenvalue weighted by Gasteiger charge is -2.26. The molecule has 5 nitrogen and oxygen atoms in total. The first-order chi connectivity index (χ1) is 12.5. The Morgan fingerprint density at radius 2 is 1.92 bits per heavy atom. The first-order valence-corrected chi connectivity index (χ1v) is 9.46. The first kappa shape index (κ1) is 18.5. The lowest BCUT2D eigenvalue weighted by Crippen LogP contribution is -2.15. The SMILES string of the molecule is CCOC(=O)c1c(C)n(C2CCCCC2)c2ccc(OCC(C)=O)cc12. The highest BCUT2D eigenvalue weighted by molar-refractivity contribution is 6.06. The first-order valence-electron chi connectivity index (χ1n) is 9.46. The predicted octanol–water partition coefficient (Wildman–Crippen LogP) is 4.60. The molecule has 1 saturated carbocycles. The Balaban J connectivity index is 2.10. The molecule has 0 aliphatic heterocycles. The maximum absolute atomic E-state index is 12.6. The van der Waals surface area contributed by atoms with Gasteiger partial charge in [0.05, 0.1) is 12.2 Å². The second kappa shape index (κ2) is 7.94. The van der Waals surface area contributed by atoms with E-state index in [0.29, 0.717) is 24.0 Å². The van der Waals surface area contributed by atoms with Crippen molar-refractivity contribution >= 4 is 22.7 Å². The van der Waals surface area contributed by atoms with Crippen LogP contribution < -0.4 is 4.74 Å². The summed E-state index contributed by atoms with van der Waals surface area (Å²) in [6.45, 7) is 5.68. The monoisotopic (exact) mass is 357 g/mol. The van der Waals surface area contributed by atoms with Gasteiger partial charge in [0.1, 0.15) is 12.4 Å². The third-order valence-electron chi connectivity index (χ3n) is 5.08. The number of hydrogen-bond acceptors (Lipinski definition) is 4. The van der Waals surface area contributed by atoms with Crippen LogP contribution in [0.1, 0.15) is 68.0 Å². The summed E-state index contributed by atoms with van der Waals surface area (Å²) in [6.07, 6.45) is 5.99. The van der Waals surface area contributed by atoms with E-state index in [1.54, 1.807) is 0 Å². The van der Waals surface area contributed by atoms with Crippen LogP contribution in [-0.2, 0) is 9.53 Å². The van der Waals surface area contributed by atoms with Crippen LogP contribution in [0.5, 0.6) is 5.75 Å². The molecule has 0 atom stereocenters. The van der Waals surface area contributed by atoms with Gasteiger partial charge in [-0.05, 0) is 51.8 Å².